The quantitative estimate of drug-likeness (QED) is 0.854. The molecule has 0 saturated heterocycles. The Morgan fingerprint density at radius 3 is 2.81 bits per heavy atom. The molecule has 1 aliphatic rings. The number of nitrogens with two attached hydrogens (primary N) is 1. The maximum absolute atomic E-state index is 9.64. The number of H-pyrrole nitrogens is 1. The number of hydrogen-bond donors (Lipinski definition) is 2. The van der Waals surface area contributed by atoms with Crippen molar-refractivity contribution in [3.05, 3.63) is 46.5 Å². The van der Waals surface area contributed by atoms with Gasteiger partial charge in [0.2, 0.25) is 11.8 Å². The zero-order valence-corrected chi connectivity index (χ0v) is 15.3. The van der Waals surface area contributed by atoms with E-state index in [4.69, 9.17) is 19.9 Å². The first-order valence-electron chi connectivity index (χ1n) is 8.52. The third-order valence-electron chi connectivity index (χ3n) is 4.09. The lowest BCUT2D eigenvalue weighted by molar-refractivity contribution is 0.223. The van der Waals surface area contributed by atoms with Crippen molar-refractivity contribution in [3.63, 3.8) is 0 Å². The van der Waals surface area contributed by atoms with Crippen LogP contribution in [0.2, 0.25) is 0 Å². The minimum absolute atomic E-state index is 0.0241. The van der Waals surface area contributed by atoms with E-state index in [1.54, 1.807) is 0 Å². The number of benzene rings is 1. The van der Waals surface area contributed by atoms with E-state index in [2.05, 4.69) is 16.3 Å². The summed E-state index contributed by atoms with van der Waals surface area (Å²) in [4.78, 5) is 0. The molecule has 3 rings (SSSR count). The monoisotopic (exact) mass is 354 g/mol. The Morgan fingerprint density at radius 1 is 1.38 bits per heavy atom. The Balaban J connectivity index is 2.14. The molecule has 0 spiro atoms. The van der Waals surface area contributed by atoms with Crippen LogP contribution in [0, 0.1) is 18.3 Å². The molecule has 3 N–H and O–H groups in total. The fourth-order valence-electron chi connectivity index (χ4n) is 3.06. The number of fused-ring (bicyclic) bond motifs is 1. The molecule has 1 aromatic heterocycles. The van der Waals surface area contributed by atoms with Gasteiger partial charge in [0.1, 0.15) is 11.6 Å². The van der Waals surface area contributed by atoms with E-state index < -0.39 is 0 Å². The van der Waals surface area contributed by atoms with Crippen molar-refractivity contribution in [2.45, 2.75) is 39.7 Å². The van der Waals surface area contributed by atoms with Crippen molar-refractivity contribution in [3.8, 4) is 23.4 Å². The average Bonchev–Trinajstić information content (AvgIpc) is 2.95. The lowest BCUT2D eigenvalue weighted by Gasteiger charge is -2.24. The third kappa shape index (κ3) is 3.06. The number of rotatable bonds is 5. The molecule has 26 heavy (non-hydrogen) atoms. The van der Waals surface area contributed by atoms with E-state index in [9.17, 15) is 5.26 Å². The Hall–Kier alpha value is -3.14. The van der Waals surface area contributed by atoms with Gasteiger partial charge in [-0.3, -0.25) is 5.10 Å². The average molecular weight is 354 g/mol. The molecule has 136 valence electrons. The Bertz CT molecular complexity index is 893. The molecule has 0 saturated carbocycles. The van der Waals surface area contributed by atoms with E-state index in [0.29, 0.717) is 29.6 Å². The van der Waals surface area contributed by atoms with Crippen LogP contribution in [0.3, 0.4) is 0 Å². The van der Waals surface area contributed by atoms with Gasteiger partial charge in [0, 0.05) is 11.3 Å². The van der Waals surface area contributed by atoms with Gasteiger partial charge < -0.3 is 19.9 Å². The highest BCUT2D eigenvalue weighted by molar-refractivity contribution is 5.57. The molecule has 0 amide bonds. The molecule has 0 fully saturated rings. The van der Waals surface area contributed by atoms with Crippen LogP contribution >= 0.6 is 0 Å². The summed E-state index contributed by atoms with van der Waals surface area (Å²) >= 11 is 0. The highest BCUT2D eigenvalue weighted by Gasteiger charge is 2.34. The van der Waals surface area contributed by atoms with Gasteiger partial charge in [0.25, 0.3) is 0 Å². The van der Waals surface area contributed by atoms with Gasteiger partial charge in [-0.25, -0.2) is 0 Å². The summed E-state index contributed by atoms with van der Waals surface area (Å²) in [5.74, 6) is 1.37. The number of hydrogen-bond acceptors (Lipinski definition) is 6. The van der Waals surface area contributed by atoms with E-state index in [1.165, 1.54) is 0 Å². The summed E-state index contributed by atoms with van der Waals surface area (Å²) in [5, 5.41) is 16.7. The Kier molecular flexibility index (Phi) is 4.76. The molecule has 1 atom stereocenters. The number of nitrogens with zero attached hydrogens (tertiary/aromatic N) is 2. The lowest BCUT2D eigenvalue weighted by atomic mass is 9.84. The summed E-state index contributed by atoms with van der Waals surface area (Å²) in [6, 6.07) is 7.83. The summed E-state index contributed by atoms with van der Waals surface area (Å²) in [7, 11) is 0. The molecular weight excluding hydrogens is 332 g/mol. The van der Waals surface area contributed by atoms with Gasteiger partial charge in [0.05, 0.1) is 18.6 Å². The maximum Gasteiger partial charge on any atom is 0.244 e. The zero-order valence-electron chi connectivity index (χ0n) is 15.3. The van der Waals surface area contributed by atoms with E-state index in [1.807, 2.05) is 45.9 Å². The minimum atomic E-state index is -0.380. The van der Waals surface area contributed by atoms with Crippen LogP contribution in [0.25, 0.3) is 0 Å². The molecule has 2 heterocycles. The normalized spacial score (nSPS) is 16.1. The maximum atomic E-state index is 9.64. The molecular formula is C19H22N4O3. The third-order valence-corrected chi connectivity index (χ3v) is 4.09. The first kappa shape index (κ1) is 17.7. The van der Waals surface area contributed by atoms with Gasteiger partial charge in [0.15, 0.2) is 11.5 Å². The van der Waals surface area contributed by atoms with Crippen LogP contribution in [-0.4, -0.2) is 22.9 Å². The first-order chi connectivity index (χ1) is 12.5. The zero-order chi connectivity index (χ0) is 18.8. The molecule has 0 bridgehead atoms. The van der Waals surface area contributed by atoms with Gasteiger partial charge in [-0.2, -0.15) is 5.26 Å². The number of ether oxygens (including phenoxy) is 3. The molecule has 1 aliphatic heterocycles. The molecule has 0 unspecified atom stereocenters. The second-order valence-electron chi connectivity index (χ2n) is 6.30. The molecule has 2 aromatic rings. The number of nitriles is 1. The Labute approximate surface area is 152 Å². The number of allylic oxidation sites excluding steroid dienone is 1. The van der Waals surface area contributed by atoms with Crippen LogP contribution < -0.4 is 19.9 Å². The smallest absolute Gasteiger partial charge is 0.244 e. The fourth-order valence-corrected chi connectivity index (χ4v) is 3.06. The highest BCUT2D eigenvalue weighted by atomic mass is 16.5. The number of aromatic amines is 1. The molecule has 0 radical (unpaired) electrons. The van der Waals surface area contributed by atoms with Crippen LogP contribution in [0.1, 0.15) is 43.5 Å². The van der Waals surface area contributed by atoms with Crippen LogP contribution in [0.5, 0.6) is 17.4 Å². The second-order valence-corrected chi connectivity index (χ2v) is 6.30. The van der Waals surface area contributed by atoms with Crippen molar-refractivity contribution in [2.75, 3.05) is 6.61 Å². The van der Waals surface area contributed by atoms with Crippen LogP contribution in [0.15, 0.2) is 29.7 Å². The SMILES string of the molecule is CCOc1cc([C@@H]2C(C#N)=C(N)Oc3n[nH]c(C)c32)ccc1OC(C)C. The van der Waals surface area contributed by atoms with Crippen molar-refractivity contribution in [2.24, 2.45) is 5.73 Å². The molecule has 1 aromatic carbocycles. The predicted molar refractivity (Wildman–Crippen MR) is 96.0 cm³/mol. The minimum Gasteiger partial charge on any atom is -0.490 e. The van der Waals surface area contributed by atoms with Crippen molar-refractivity contribution < 1.29 is 14.2 Å². The highest BCUT2D eigenvalue weighted by Crippen LogP contribution is 2.44. The number of aromatic nitrogens is 2. The van der Waals surface area contributed by atoms with Crippen molar-refractivity contribution in [1.29, 1.82) is 5.26 Å². The van der Waals surface area contributed by atoms with Crippen LogP contribution in [-0.2, 0) is 0 Å². The van der Waals surface area contributed by atoms with Gasteiger partial charge >= 0.3 is 0 Å². The number of aryl methyl sites for hydroxylation is 1. The number of nitrogens with one attached hydrogen (secondary N) is 1. The first-order valence-corrected chi connectivity index (χ1v) is 8.52. The predicted octanol–water partition coefficient (Wildman–Crippen LogP) is 3.12. The fraction of sp³-hybridized carbons (Fsp3) is 0.368. The lowest BCUT2D eigenvalue weighted by Crippen LogP contribution is -2.21. The molecule has 7 heteroatoms. The van der Waals surface area contributed by atoms with Crippen molar-refractivity contribution >= 4 is 0 Å². The standard InChI is InChI=1S/C19H22N4O3/c1-5-24-15-8-12(6-7-14(15)25-10(2)3)17-13(9-20)18(21)26-19-16(17)11(4)22-23-19/h6-8,10,17H,5,21H2,1-4H3,(H,22,23)/t17-/m1/s1. The largest absolute Gasteiger partial charge is 0.490 e. The van der Waals surface area contributed by atoms with Gasteiger partial charge in [-0.05, 0) is 45.4 Å². The summed E-state index contributed by atoms with van der Waals surface area (Å²) in [6.45, 7) is 8.22. The second kappa shape index (κ2) is 7.00. The summed E-state index contributed by atoms with van der Waals surface area (Å²) in [6.07, 6.45) is 0.0241. The molecule has 7 nitrogen and oxygen atoms in total. The van der Waals surface area contributed by atoms with Crippen LogP contribution in [0.4, 0.5) is 0 Å². The Morgan fingerprint density at radius 2 is 2.15 bits per heavy atom. The summed E-state index contributed by atoms with van der Waals surface area (Å²) < 4.78 is 17.1. The molecule has 0 aliphatic carbocycles. The van der Waals surface area contributed by atoms with E-state index in [-0.39, 0.29) is 17.9 Å². The topological polar surface area (TPSA) is 106 Å². The van der Waals surface area contributed by atoms with Gasteiger partial charge in [-0.1, -0.05) is 6.07 Å². The van der Waals surface area contributed by atoms with E-state index in [0.717, 1.165) is 16.8 Å². The van der Waals surface area contributed by atoms with Gasteiger partial charge in [-0.15, -0.1) is 5.10 Å². The van der Waals surface area contributed by atoms with Crippen molar-refractivity contribution in [1.82, 2.24) is 10.2 Å². The van der Waals surface area contributed by atoms with E-state index >= 15 is 0 Å². The summed E-state index contributed by atoms with van der Waals surface area (Å²) in [5.41, 5.74) is 8.79.